The fourth-order valence-corrected chi connectivity index (χ4v) is 1.81. The molecule has 2 aromatic rings. The van der Waals surface area contributed by atoms with E-state index in [2.05, 4.69) is 17.2 Å². The number of carbonyl (C=O) groups excluding carboxylic acids is 1. The summed E-state index contributed by atoms with van der Waals surface area (Å²) in [4.78, 5) is 12.0. The number of furan rings is 1. The second-order valence-electron chi connectivity index (χ2n) is 4.38. The Bertz CT molecular complexity index is 689. The van der Waals surface area contributed by atoms with Gasteiger partial charge in [0.05, 0.1) is 6.26 Å². The zero-order valence-electron chi connectivity index (χ0n) is 11.4. The molecule has 0 saturated carbocycles. The summed E-state index contributed by atoms with van der Waals surface area (Å²) < 4.78 is 5.15. The molecule has 1 aromatic carbocycles. The van der Waals surface area contributed by atoms with Gasteiger partial charge in [0.15, 0.2) is 5.76 Å². The lowest BCUT2D eigenvalue weighted by Crippen LogP contribution is -2.13. The lowest BCUT2D eigenvalue weighted by atomic mass is 10.1. The van der Waals surface area contributed by atoms with Crippen molar-refractivity contribution >= 4 is 11.6 Å². The number of aliphatic hydroxyl groups excluding tert-OH is 1. The van der Waals surface area contributed by atoms with Crippen LogP contribution in [0.1, 0.15) is 27.2 Å². The predicted octanol–water partition coefficient (Wildman–Crippen LogP) is 2.49. The normalized spacial score (nSPS) is 9.75. The molecule has 0 aliphatic carbocycles. The highest BCUT2D eigenvalue weighted by atomic mass is 16.3. The van der Waals surface area contributed by atoms with E-state index in [0.29, 0.717) is 11.4 Å². The van der Waals surface area contributed by atoms with Crippen molar-refractivity contribution in [3.63, 3.8) is 0 Å². The maximum absolute atomic E-state index is 12.0. The van der Waals surface area contributed by atoms with Crippen LogP contribution >= 0.6 is 0 Å². The molecule has 0 saturated heterocycles. The highest BCUT2D eigenvalue weighted by Gasteiger charge is 2.13. The molecule has 102 valence electrons. The first kappa shape index (κ1) is 13.9. The van der Waals surface area contributed by atoms with E-state index in [1.54, 1.807) is 18.2 Å². The Morgan fingerprint density at radius 2 is 2.10 bits per heavy atom. The number of aryl methyl sites for hydroxylation is 2. The summed E-state index contributed by atoms with van der Waals surface area (Å²) in [6.45, 7) is 3.53. The Morgan fingerprint density at radius 3 is 2.70 bits per heavy atom. The van der Waals surface area contributed by atoms with Crippen LogP contribution in [0.15, 0.2) is 34.9 Å². The number of anilines is 1. The smallest absolute Gasteiger partial charge is 0.291 e. The standard InChI is InChI=1S/C16H15NO3/c1-11-7-9-20-15(11)16(19)17-14-6-5-13(4-3-8-18)10-12(14)2/h5-7,9-10,18H,8H2,1-2H3,(H,17,19). The molecule has 0 fully saturated rings. The van der Waals surface area contributed by atoms with Crippen LogP contribution in [0.3, 0.4) is 0 Å². The molecule has 1 aromatic heterocycles. The lowest BCUT2D eigenvalue weighted by molar-refractivity contribution is 0.0996. The summed E-state index contributed by atoms with van der Waals surface area (Å²) in [6.07, 6.45) is 1.49. The van der Waals surface area contributed by atoms with E-state index in [1.807, 2.05) is 19.9 Å². The van der Waals surface area contributed by atoms with Crippen molar-refractivity contribution in [2.45, 2.75) is 13.8 Å². The number of hydrogen-bond acceptors (Lipinski definition) is 3. The Balaban J connectivity index is 2.18. The van der Waals surface area contributed by atoms with E-state index in [-0.39, 0.29) is 12.5 Å². The Kier molecular flexibility index (Phi) is 4.24. The number of amides is 1. The monoisotopic (exact) mass is 269 g/mol. The third-order valence-electron chi connectivity index (χ3n) is 2.85. The average Bonchev–Trinajstić information content (AvgIpc) is 2.85. The van der Waals surface area contributed by atoms with E-state index >= 15 is 0 Å². The third-order valence-corrected chi connectivity index (χ3v) is 2.85. The predicted molar refractivity (Wildman–Crippen MR) is 76.5 cm³/mol. The molecule has 2 rings (SSSR count). The minimum absolute atomic E-state index is 0.171. The van der Waals surface area contributed by atoms with Gasteiger partial charge in [-0.15, -0.1) is 0 Å². The van der Waals surface area contributed by atoms with Crippen molar-refractivity contribution < 1.29 is 14.3 Å². The first-order valence-electron chi connectivity index (χ1n) is 6.17. The van der Waals surface area contributed by atoms with E-state index in [0.717, 1.165) is 16.7 Å². The van der Waals surface area contributed by atoms with E-state index < -0.39 is 0 Å². The van der Waals surface area contributed by atoms with Crippen molar-refractivity contribution in [3.05, 3.63) is 53.0 Å². The molecule has 4 nitrogen and oxygen atoms in total. The fourth-order valence-electron chi connectivity index (χ4n) is 1.81. The number of aliphatic hydroxyl groups is 1. The van der Waals surface area contributed by atoms with Crippen molar-refractivity contribution in [1.82, 2.24) is 0 Å². The molecule has 20 heavy (non-hydrogen) atoms. The minimum Gasteiger partial charge on any atom is -0.459 e. The molecular formula is C16H15NO3. The van der Waals surface area contributed by atoms with Gasteiger partial charge in [0, 0.05) is 16.8 Å². The van der Waals surface area contributed by atoms with Crippen molar-refractivity contribution in [3.8, 4) is 11.8 Å². The molecule has 1 heterocycles. The Labute approximate surface area is 117 Å². The first-order chi connectivity index (χ1) is 9.61. The molecule has 4 heteroatoms. The van der Waals surface area contributed by atoms with Gasteiger partial charge in [-0.25, -0.2) is 0 Å². The van der Waals surface area contributed by atoms with Crippen molar-refractivity contribution in [1.29, 1.82) is 0 Å². The maximum Gasteiger partial charge on any atom is 0.291 e. The van der Waals surface area contributed by atoms with Gasteiger partial charge in [-0.05, 0) is 43.7 Å². The summed E-state index contributed by atoms with van der Waals surface area (Å²) >= 11 is 0. The lowest BCUT2D eigenvalue weighted by Gasteiger charge is -2.08. The molecule has 0 aliphatic rings. The number of benzene rings is 1. The second kappa shape index (κ2) is 6.09. The van der Waals surface area contributed by atoms with E-state index in [1.165, 1.54) is 6.26 Å². The molecule has 0 bridgehead atoms. The van der Waals surface area contributed by atoms with Gasteiger partial charge in [0.1, 0.15) is 6.61 Å². The fraction of sp³-hybridized carbons (Fsp3) is 0.188. The summed E-state index contributed by atoms with van der Waals surface area (Å²) in [5.74, 6) is 5.45. The van der Waals surface area contributed by atoms with Crippen LogP contribution in [0.5, 0.6) is 0 Å². The van der Waals surface area contributed by atoms with Crippen LogP contribution < -0.4 is 5.32 Å². The molecule has 0 aliphatic heterocycles. The van der Waals surface area contributed by atoms with Crippen LogP contribution in [-0.2, 0) is 0 Å². The van der Waals surface area contributed by atoms with Gasteiger partial charge in [-0.1, -0.05) is 11.8 Å². The van der Waals surface area contributed by atoms with Gasteiger partial charge in [0.25, 0.3) is 5.91 Å². The summed E-state index contributed by atoms with van der Waals surface area (Å²) in [5.41, 5.74) is 3.20. The van der Waals surface area contributed by atoms with E-state index in [9.17, 15) is 4.79 Å². The number of hydrogen-bond donors (Lipinski definition) is 2. The number of rotatable bonds is 2. The third kappa shape index (κ3) is 3.08. The second-order valence-corrected chi connectivity index (χ2v) is 4.38. The molecule has 0 atom stereocenters. The quantitative estimate of drug-likeness (QED) is 0.823. The van der Waals surface area contributed by atoms with Crippen LogP contribution in [0.2, 0.25) is 0 Å². The topological polar surface area (TPSA) is 62.5 Å². The first-order valence-corrected chi connectivity index (χ1v) is 6.17. The molecule has 1 amide bonds. The number of carbonyl (C=O) groups is 1. The summed E-state index contributed by atoms with van der Waals surface area (Å²) in [7, 11) is 0. The highest BCUT2D eigenvalue weighted by molar-refractivity contribution is 6.03. The van der Waals surface area contributed by atoms with Crippen LogP contribution in [0.25, 0.3) is 0 Å². The van der Waals surface area contributed by atoms with Crippen molar-refractivity contribution in [2.75, 3.05) is 11.9 Å². The van der Waals surface area contributed by atoms with Gasteiger partial charge in [-0.3, -0.25) is 4.79 Å². The van der Waals surface area contributed by atoms with Gasteiger partial charge >= 0.3 is 0 Å². The van der Waals surface area contributed by atoms with E-state index in [4.69, 9.17) is 9.52 Å². The van der Waals surface area contributed by atoms with Crippen LogP contribution in [0.4, 0.5) is 5.69 Å². The largest absolute Gasteiger partial charge is 0.459 e. The SMILES string of the molecule is Cc1cc(C#CCO)ccc1NC(=O)c1occc1C. The van der Waals surface area contributed by atoms with Crippen molar-refractivity contribution in [2.24, 2.45) is 0 Å². The Hall–Kier alpha value is -2.51. The van der Waals surface area contributed by atoms with Gasteiger partial charge in [-0.2, -0.15) is 0 Å². The molecule has 0 radical (unpaired) electrons. The molecule has 0 unspecified atom stereocenters. The minimum atomic E-state index is -0.273. The van der Waals surface area contributed by atoms with Crippen LogP contribution in [0, 0.1) is 25.7 Å². The summed E-state index contributed by atoms with van der Waals surface area (Å²) in [6, 6.07) is 7.18. The summed E-state index contributed by atoms with van der Waals surface area (Å²) in [5, 5.41) is 11.5. The zero-order valence-corrected chi connectivity index (χ0v) is 11.4. The Morgan fingerprint density at radius 1 is 1.30 bits per heavy atom. The molecule has 2 N–H and O–H groups in total. The van der Waals surface area contributed by atoms with Gasteiger partial charge in [0.2, 0.25) is 0 Å². The van der Waals surface area contributed by atoms with Crippen LogP contribution in [-0.4, -0.2) is 17.6 Å². The van der Waals surface area contributed by atoms with Gasteiger partial charge < -0.3 is 14.8 Å². The zero-order chi connectivity index (χ0) is 14.5. The average molecular weight is 269 g/mol. The molecular weight excluding hydrogens is 254 g/mol. The highest BCUT2D eigenvalue weighted by Crippen LogP contribution is 2.18. The number of nitrogens with one attached hydrogen (secondary N) is 1. The maximum atomic E-state index is 12.0. The molecule has 0 spiro atoms.